The molecule has 9 heteroatoms. The number of anilines is 1. The summed E-state index contributed by atoms with van der Waals surface area (Å²) in [4.78, 5) is 38.0. The van der Waals surface area contributed by atoms with E-state index in [1.54, 1.807) is 11.1 Å². The van der Waals surface area contributed by atoms with E-state index in [4.69, 9.17) is 14.5 Å². The Balaban J connectivity index is 1.58. The summed E-state index contributed by atoms with van der Waals surface area (Å²) in [6, 6.07) is 7.07. The lowest BCUT2D eigenvalue weighted by Gasteiger charge is -2.35. The van der Waals surface area contributed by atoms with E-state index in [2.05, 4.69) is 47.7 Å². The first-order valence-corrected chi connectivity index (χ1v) is 14.5. The molecule has 2 aromatic heterocycles. The summed E-state index contributed by atoms with van der Waals surface area (Å²) in [7, 11) is 1.35. The van der Waals surface area contributed by atoms with Crippen LogP contribution in [0.3, 0.4) is 0 Å². The monoisotopic (exact) mass is 550 g/mol. The molecule has 1 aromatic carbocycles. The fourth-order valence-electron chi connectivity index (χ4n) is 5.53. The molecule has 1 amide bonds. The Morgan fingerprint density at radius 2 is 2.05 bits per heavy atom. The summed E-state index contributed by atoms with van der Waals surface area (Å²) in [6.07, 6.45) is 4.60. The number of fused-ring (bicyclic) bond motifs is 5. The van der Waals surface area contributed by atoms with Crippen LogP contribution in [-0.4, -0.2) is 58.6 Å². The quantitative estimate of drug-likeness (QED) is 0.408. The Bertz CT molecular complexity index is 1380. The van der Waals surface area contributed by atoms with Gasteiger partial charge >= 0.3 is 5.97 Å². The molecule has 1 fully saturated rings. The molecule has 4 heterocycles. The maximum absolute atomic E-state index is 14.1. The van der Waals surface area contributed by atoms with Crippen molar-refractivity contribution >= 4 is 39.1 Å². The average Bonchev–Trinajstić information content (AvgIpc) is 3.53. The molecule has 0 saturated carbocycles. The van der Waals surface area contributed by atoms with Crippen molar-refractivity contribution in [2.75, 3.05) is 19.0 Å². The number of esters is 1. The van der Waals surface area contributed by atoms with Crippen molar-refractivity contribution < 1.29 is 19.1 Å². The zero-order chi connectivity index (χ0) is 27.9. The van der Waals surface area contributed by atoms with Gasteiger partial charge in [0.2, 0.25) is 11.8 Å². The number of methoxy groups -OCH3 is 1. The van der Waals surface area contributed by atoms with Gasteiger partial charge in [0.05, 0.1) is 19.3 Å². The average molecular weight is 551 g/mol. The summed E-state index contributed by atoms with van der Waals surface area (Å²) in [5, 5.41) is 8.20. The van der Waals surface area contributed by atoms with Gasteiger partial charge in [0, 0.05) is 28.8 Å². The van der Waals surface area contributed by atoms with Gasteiger partial charge in [0.1, 0.15) is 18.2 Å². The van der Waals surface area contributed by atoms with Crippen LogP contribution in [0.4, 0.5) is 5.13 Å². The molecule has 5 rings (SSSR count). The van der Waals surface area contributed by atoms with E-state index in [0.29, 0.717) is 17.4 Å². The maximum atomic E-state index is 14.1. The molecule has 2 aliphatic heterocycles. The van der Waals surface area contributed by atoms with Gasteiger partial charge in [-0.05, 0) is 47.8 Å². The van der Waals surface area contributed by atoms with E-state index in [1.165, 1.54) is 24.0 Å². The van der Waals surface area contributed by atoms with E-state index >= 15 is 0 Å². The van der Waals surface area contributed by atoms with E-state index < -0.39 is 29.6 Å². The lowest BCUT2D eigenvalue weighted by atomic mass is 9.84. The third-order valence-corrected chi connectivity index (χ3v) is 8.71. The van der Waals surface area contributed by atoms with Crippen molar-refractivity contribution in [1.29, 1.82) is 0 Å². The van der Waals surface area contributed by atoms with Crippen molar-refractivity contribution in [3.05, 3.63) is 47.1 Å². The molecule has 0 radical (unpaired) electrons. The van der Waals surface area contributed by atoms with Gasteiger partial charge in [-0.15, -0.1) is 11.3 Å². The molecule has 0 spiro atoms. The molecule has 3 aromatic rings. The second-order valence-electron chi connectivity index (χ2n) is 12.4. The highest BCUT2D eigenvalue weighted by atomic mass is 32.1. The number of carbonyl (C=O) groups is 2. The number of pyridine rings is 1. The third-order valence-electron chi connectivity index (χ3n) is 7.94. The van der Waals surface area contributed by atoms with Gasteiger partial charge in [-0.1, -0.05) is 46.8 Å². The molecular formula is C30H38N4O4S. The molecular weight excluding hydrogens is 512 g/mol. The number of nitrogens with one attached hydrogen (secondary N) is 1. The Kier molecular flexibility index (Phi) is 7.31. The molecule has 0 aliphatic carbocycles. The maximum Gasteiger partial charge on any atom is 0.328 e. The molecule has 1 saturated heterocycles. The molecule has 2 aliphatic rings. The summed E-state index contributed by atoms with van der Waals surface area (Å²) >= 11 is 1.52. The van der Waals surface area contributed by atoms with Crippen LogP contribution in [0.25, 0.3) is 10.8 Å². The van der Waals surface area contributed by atoms with Crippen LogP contribution in [0.15, 0.2) is 35.8 Å². The molecule has 208 valence electrons. The first kappa shape index (κ1) is 27.4. The van der Waals surface area contributed by atoms with Crippen LogP contribution < -0.4 is 10.1 Å². The van der Waals surface area contributed by atoms with Crippen molar-refractivity contribution in [3.8, 4) is 5.88 Å². The smallest absolute Gasteiger partial charge is 0.328 e. The van der Waals surface area contributed by atoms with Gasteiger partial charge in [-0.25, -0.2) is 14.8 Å². The zero-order valence-electron chi connectivity index (χ0n) is 23.6. The number of benzene rings is 1. The summed E-state index contributed by atoms with van der Waals surface area (Å²) in [5.74, 6) is -0.0908. The van der Waals surface area contributed by atoms with Crippen molar-refractivity contribution in [1.82, 2.24) is 14.9 Å². The number of hydrogen-bond acceptors (Lipinski definition) is 8. The SMILES string of the molecule is COC(=O)[C@@H]1C[C@@H]2CN1C(=O)[C@H](C(C)(C)C)Nc1nc(cs1)C(C)(C)CCCc1ccc3ccnc(c3c1)O2. The molecule has 0 unspecified atom stereocenters. The van der Waals surface area contributed by atoms with Gasteiger partial charge in [0.15, 0.2) is 5.13 Å². The van der Waals surface area contributed by atoms with E-state index in [1.807, 2.05) is 26.8 Å². The first-order chi connectivity index (χ1) is 18.5. The Morgan fingerprint density at radius 3 is 2.79 bits per heavy atom. The normalized spacial score (nSPS) is 23.6. The van der Waals surface area contributed by atoms with Gasteiger partial charge in [0.25, 0.3) is 0 Å². The van der Waals surface area contributed by atoms with Crippen LogP contribution in [0.5, 0.6) is 5.88 Å². The fourth-order valence-corrected chi connectivity index (χ4v) is 6.47. The lowest BCUT2D eigenvalue weighted by molar-refractivity contribution is -0.151. The number of aryl methyl sites for hydroxylation is 1. The van der Waals surface area contributed by atoms with Crippen LogP contribution >= 0.6 is 11.3 Å². The van der Waals surface area contributed by atoms with Gasteiger partial charge < -0.3 is 19.7 Å². The van der Waals surface area contributed by atoms with Crippen molar-refractivity contribution in [2.24, 2.45) is 5.41 Å². The Hall–Kier alpha value is -3.20. The van der Waals surface area contributed by atoms with Crippen LogP contribution in [0.2, 0.25) is 0 Å². The third kappa shape index (κ3) is 5.60. The zero-order valence-corrected chi connectivity index (χ0v) is 24.4. The highest BCUT2D eigenvalue weighted by Gasteiger charge is 2.46. The summed E-state index contributed by atoms with van der Waals surface area (Å²) in [6.45, 7) is 10.8. The van der Waals surface area contributed by atoms with Gasteiger partial charge in [-0.2, -0.15) is 0 Å². The predicted molar refractivity (Wildman–Crippen MR) is 153 cm³/mol. The fraction of sp³-hybridized carbons (Fsp3) is 0.533. The molecule has 8 nitrogen and oxygen atoms in total. The van der Waals surface area contributed by atoms with Crippen molar-refractivity contribution in [3.63, 3.8) is 0 Å². The minimum atomic E-state index is -0.738. The second-order valence-corrected chi connectivity index (χ2v) is 13.3. The number of nitrogens with zero attached hydrogens (tertiary/aromatic N) is 3. The predicted octanol–water partition coefficient (Wildman–Crippen LogP) is 5.35. The minimum absolute atomic E-state index is 0.117. The molecule has 39 heavy (non-hydrogen) atoms. The lowest BCUT2D eigenvalue weighted by Crippen LogP contribution is -2.52. The Morgan fingerprint density at radius 1 is 1.26 bits per heavy atom. The molecule has 6 bridgehead atoms. The van der Waals surface area contributed by atoms with Crippen LogP contribution in [0, 0.1) is 5.41 Å². The van der Waals surface area contributed by atoms with E-state index in [-0.39, 0.29) is 17.9 Å². The molecule has 3 atom stereocenters. The summed E-state index contributed by atoms with van der Waals surface area (Å²) < 4.78 is 11.5. The number of aromatic nitrogens is 2. The number of ether oxygens (including phenoxy) is 2. The summed E-state index contributed by atoms with van der Waals surface area (Å²) in [5.41, 5.74) is 1.69. The van der Waals surface area contributed by atoms with Crippen LogP contribution in [0.1, 0.15) is 65.1 Å². The van der Waals surface area contributed by atoms with E-state index in [9.17, 15) is 9.59 Å². The highest BCUT2D eigenvalue weighted by Crippen LogP contribution is 2.36. The first-order valence-electron chi connectivity index (χ1n) is 13.6. The minimum Gasteiger partial charge on any atom is -0.472 e. The number of amides is 1. The number of rotatable bonds is 1. The van der Waals surface area contributed by atoms with Gasteiger partial charge in [-0.3, -0.25) is 4.79 Å². The number of hydrogen-bond donors (Lipinski definition) is 1. The van der Waals surface area contributed by atoms with Crippen molar-refractivity contribution in [2.45, 2.75) is 83.9 Å². The second kappa shape index (κ2) is 10.4. The molecule has 1 N–H and O–H groups in total. The number of thiazole rings is 1. The Labute approximate surface area is 234 Å². The highest BCUT2D eigenvalue weighted by molar-refractivity contribution is 7.13. The van der Waals surface area contributed by atoms with E-state index in [0.717, 1.165) is 35.7 Å². The topological polar surface area (TPSA) is 93.7 Å². The largest absolute Gasteiger partial charge is 0.472 e. The number of carbonyl (C=O) groups excluding carboxylic acids is 2. The standard InChI is InChI=1S/C30H38N4O4S/c1-29(2,3)24-26(35)34-16-20(15-22(34)27(36)37-6)38-25-21-14-18(9-10-19(21)11-13-31-25)8-7-12-30(4,5)23-17-39-28(32-23)33-24/h9-11,13-14,17,20,22,24H,7-8,12,15-16H2,1-6H3,(H,32,33)/t20-,22+,24-/m1/s1. The van der Waals surface area contributed by atoms with Crippen LogP contribution in [-0.2, 0) is 26.2 Å².